The molecule has 0 saturated heterocycles. The quantitative estimate of drug-likeness (QED) is 0.934. The fourth-order valence-corrected chi connectivity index (χ4v) is 3.29. The molecule has 0 fully saturated rings. The van der Waals surface area contributed by atoms with Crippen LogP contribution in [0.1, 0.15) is 17.5 Å². The standard InChI is InChI=1S/C19H18N2O4/c1-23-16-8-13-10-19(18(22)20-14(13)9-17(16)24-2)11-15(21-25-19)12-6-4-3-5-7-12/h3-9H,10-11H2,1-2H3,(H,20,22). The van der Waals surface area contributed by atoms with Gasteiger partial charge in [-0.25, -0.2) is 0 Å². The van der Waals surface area contributed by atoms with E-state index in [1.807, 2.05) is 36.4 Å². The topological polar surface area (TPSA) is 69.2 Å². The van der Waals surface area contributed by atoms with Crippen molar-refractivity contribution in [2.45, 2.75) is 18.4 Å². The molecule has 2 aromatic carbocycles. The Bertz CT molecular complexity index is 863. The zero-order chi connectivity index (χ0) is 17.4. The third kappa shape index (κ3) is 2.50. The van der Waals surface area contributed by atoms with Crippen LogP contribution < -0.4 is 14.8 Å². The SMILES string of the molecule is COc1cc2c(cc1OC)NC(=O)C1(CC(c3ccccc3)=NO1)C2. The van der Waals surface area contributed by atoms with Gasteiger partial charge in [-0.3, -0.25) is 4.79 Å². The Morgan fingerprint density at radius 1 is 1.08 bits per heavy atom. The molecule has 0 bridgehead atoms. The number of methoxy groups -OCH3 is 2. The maximum atomic E-state index is 12.7. The summed E-state index contributed by atoms with van der Waals surface area (Å²) in [7, 11) is 3.15. The van der Waals surface area contributed by atoms with Crippen LogP contribution in [-0.4, -0.2) is 31.4 Å². The Kier molecular flexibility index (Phi) is 3.60. The molecule has 128 valence electrons. The molecule has 6 nitrogen and oxygen atoms in total. The van der Waals surface area contributed by atoms with Crippen LogP contribution in [0.4, 0.5) is 5.69 Å². The fourth-order valence-electron chi connectivity index (χ4n) is 3.29. The molecule has 1 atom stereocenters. The number of carbonyl (C=O) groups is 1. The number of anilines is 1. The Balaban J connectivity index is 1.65. The van der Waals surface area contributed by atoms with Crippen LogP contribution in [0.2, 0.25) is 0 Å². The summed E-state index contributed by atoms with van der Waals surface area (Å²) in [5.41, 5.74) is 2.37. The summed E-state index contributed by atoms with van der Waals surface area (Å²) in [6.07, 6.45) is 0.852. The molecule has 2 heterocycles. The molecule has 2 aliphatic rings. The smallest absolute Gasteiger partial charge is 0.272 e. The van der Waals surface area contributed by atoms with Gasteiger partial charge in [-0.05, 0) is 17.2 Å². The lowest BCUT2D eigenvalue weighted by molar-refractivity contribution is -0.138. The van der Waals surface area contributed by atoms with Gasteiger partial charge >= 0.3 is 0 Å². The molecule has 0 aliphatic carbocycles. The molecule has 2 aromatic rings. The van der Waals surface area contributed by atoms with Crippen LogP contribution in [0.3, 0.4) is 0 Å². The van der Waals surface area contributed by atoms with Crippen molar-refractivity contribution < 1.29 is 19.1 Å². The summed E-state index contributed by atoms with van der Waals surface area (Å²) >= 11 is 0. The van der Waals surface area contributed by atoms with Gasteiger partial charge in [0.25, 0.3) is 5.91 Å². The van der Waals surface area contributed by atoms with Crippen LogP contribution >= 0.6 is 0 Å². The third-order valence-corrected chi connectivity index (χ3v) is 4.64. The molecule has 4 rings (SSSR count). The predicted molar refractivity (Wildman–Crippen MR) is 93.3 cm³/mol. The van der Waals surface area contributed by atoms with Gasteiger partial charge in [0.05, 0.1) is 19.9 Å². The highest BCUT2D eigenvalue weighted by Gasteiger charge is 2.50. The number of nitrogens with zero attached hydrogens (tertiary/aromatic N) is 1. The normalized spacial score (nSPS) is 21.2. The number of nitrogens with one attached hydrogen (secondary N) is 1. The molecule has 1 N–H and O–H groups in total. The number of amides is 1. The average molecular weight is 338 g/mol. The van der Waals surface area contributed by atoms with Gasteiger partial charge in [0.15, 0.2) is 11.5 Å². The van der Waals surface area contributed by atoms with Gasteiger partial charge in [-0.15, -0.1) is 0 Å². The summed E-state index contributed by atoms with van der Waals surface area (Å²) in [4.78, 5) is 18.4. The van der Waals surface area contributed by atoms with E-state index in [1.165, 1.54) is 0 Å². The molecule has 1 spiro atoms. The zero-order valence-electron chi connectivity index (χ0n) is 14.0. The Labute approximate surface area is 145 Å². The van der Waals surface area contributed by atoms with Crippen molar-refractivity contribution in [2.24, 2.45) is 5.16 Å². The number of hydrogen-bond acceptors (Lipinski definition) is 5. The van der Waals surface area contributed by atoms with Crippen molar-refractivity contribution in [3.8, 4) is 11.5 Å². The van der Waals surface area contributed by atoms with Crippen molar-refractivity contribution in [1.29, 1.82) is 0 Å². The molecular weight excluding hydrogens is 320 g/mol. The van der Waals surface area contributed by atoms with Gasteiger partial charge in [0.1, 0.15) is 0 Å². The Morgan fingerprint density at radius 2 is 1.80 bits per heavy atom. The summed E-state index contributed by atoms with van der Waals surface area (Å²) in [6.45, 7) is 0. The van der Waals surface area contributed by atoms with Crippen LogP contribution in [-0.2, 0) is 16.1 Å². The lowest BCUT2D eigenvalue weighted by Crippen LogP contribution is -2.48. The van der Waals surface area contributed by atoms with E-state index in [0.717, 1.165) is 16.8 Å². The van der Waals surface area contributed by atoms with Crippen molar-refractivity contribution in [3.63, 3.8) is 0 Å². The maximum Gasteiger partial charge on any atom is 0.272 e. The monoisotopic (exact) mass is 338 g/mol. The van der Waals surface area contributed by atoms with E-state index in [2.05, 4.69) is 10.5 Å². The van der Waals surface area contributed by atoms with E-state index in [-0.39, 0.29) is 5.91 Å². The van der Waals surface area contributed by atoms with Crippen molar-refractivity contribution in [3.05, 3.63) is 53.6 Å². The van der Waals surface area contributed by atoms with Crippen LogP contribution in [0.15, 0.2) is 47.6 Å². The first-order chi connectivity index (χ1) is 12.1. The summed E-state index contributed by atoms with van der Waals surface area (Å²) in [6, 6.07) is 13.4. The fraction of sp³-hybridized carbons (Fsp3) is 0.263. The maximum absolute atomic E-state index is 12.7. The molecule has 6 heteroatoms. The van der Waals surface area contributed by atoms with Gasteiger partial charge in [0.2, 0.25) is 5.60 Å². The molecule has 2 aliphatic heterocycles. The molecule has 0 radical (unpaired) electrons. The number of hydrogen-bond donors (Lipinski definition) is 1. The second kappa shape index (κ2) is 5.81. The second-order valence-corrected chi connectivity index (χ2v) is 6.16. The van der Waals surface area contributed by atoms with E-state index in [1.54, 1.807) is 20.3 Å². The molecule has 0 aromatic heterocycles. The minimum atomic E-state index is -1.02. The van der Waals surface area contributed by atoms with Gasteiger partial charge in [-0.1, -0.05) is 35.5 Å². The van der Waals surface area contributed by atoms with Crippen LogP contribution in [0, 0.1) is 0 Å². The predicted octanol–water partition coefficient (Wildman–Crippen LogP) is 2.76. The second-order valence-electron chi connectivity index (χ2n) is 6.16. The largest absolute Gasteiger partial charge is 0.493 e. The van der Waals surface area contributed by atoms with Crippen LogP contribution in [0.25, 0.3) is 0 Å². The number of benzene rings is 2. The summed E-state index contributed by atoms with van der Waals surface area (Å²) in [5, 5.41) is 7.10. The minimum Gasteiger partial charge on any atom is -0.493 e. The zero-order valence-corrected chi connectivity index (χ0v) is 14.0. The number of oxime groups is 1. The van der Waals surface area contributed by atoms with E-state index >= 15 is 0 Å². The first kappa shape index (κ1) is 15.5. The first-order valence-corrected chi connectivity index (χ1v) is 8.02. The number of ether oxygens (including phenoxy) is 2. The first-order valence-electron chi connectivity index (χ1n) is 8.02. The number of rotatable bonds is 3. The average Bonchev–Trinajstić information content (AvgIpc) is 3.07. The van der Waals surface area contributed by atoms with E-state index < -0.39 is 5.60 Å². The summed E-state index contributed by atoms with van der Waals surface area (Å²) in [5.74, 6) is 1.00. The Morgan fingerprint density at radius 3 is 2.52 bits per heavy atom. The van der Waals surface area contributed by atoms with E-state index in [0.29, 0.717) is 30.0 Å². The molecule has 1 unspecified atom stereocenters. The van der Waals surface area contributed by atoms with Crippen molar-refractivity contribution in [2.75, 3.05) is 19.5 Å². The lowest BCUT2D eigenvalue weighted by atomic mass is 9.84. The number of carbonyl (C=O) groups excluding carboxylic acids is 1. The number of fused-ring (bicyclic) bond motifs is 1. The summed E-state index contributed by atoms with van der Waals surface area (Å²) < 4.78 is 10.7. The van der Waals surface area contributed by atoms with Gasteiger partial charge in [0, 0.05) is 24.6 Å². The van der Waals surface area contributed by atoms with Crippen LogP contribution in [0.5, 0.6) is 11.5 Å². The van der Waals surface area contributed by atoms with E-state index in [9.17, 15) is 4.79 Å². The highest BCUT2D eigenvalue weighted by atomic mass is 16.7. The molecular formula is C19H18N2O4. The van der Waals surface area contributed by atoms with Gasteiger partial charge in [-0.2, -0.15) is 0 Å². The Hall–Kier alpha value is -3.02. The lowest BCUT2D eigenvalue weighted by Gasteiger charge is -2.31. The molecule has 1 amide bonds. The van der Waals surface area contributed by atoms with Crippen molar-refractivity contribution >= 4 is 17.3 Å². The van der Waals surface area contributed by atoms with Crippen molar-refractivity contribution in [1.82, 2.24) is 0 Å². The van der Waals surface area contributed by atoms with E-state index in [4.69, 9.17) is 14.3 Å². The molecule has 0 saturated carbocycles. The van der Waals surface area contributed by atoms with Gasteiger partial charge < -0.3 is 19.6 Å². The highest BCUT2D eigenvalue weighted by Crippen LogP contribution is 2.41. The third-order valence-electron chi connectivity index (χ3n) is 4.64. The minimum absolute atomic E-state index is 0.193. The molecule has 25 heavy (non-hydrogen) atoms. The highest BCUT2D eigenvalue weighted by molar-refractivity contribution is 6.09.